The van der Waals surface area contributed by atoms with Crippen LogP contribution in [0.2, 0.25) is 5.02 Å². The van der Waals surface area contributed by atoms with Crippen LogP contribution in [0.1, 0.15) is 47.1 Å². The number of ether oxygens (including phenoxy) is 1. The number of piperidine rings is 1. The van der Waals surface area contributed by atoms with Crippen molar-refractivity contribution in [3.8, 4) is 29.0 Å². The number of likely N-dealkylation sites (tertiary alicyclic amines) is 1. The van der Waals surface area contributed by atoms with Gasteiger partial charge >= 0.3 is 5.97 Å². The molecule has 5 heterocycles. The molecule has 1 aliphatic heterocycles. The highest BCUT2D eigenvalue weighted by Gasteiger charge is 2.31. The molecule has 0 radical (unpaired) electrons. The maximum absolute atomic E-state index is 14.0. The highest BCUT2D eigenvalue weighted by atomic mass is 35.5. The van der Waals surface area contributed by atoms with Crippen molar-refractivity contribution in [2.75, 3.05) is 38.7 Å². The molecule has 14 heteroatoms. The average molecular weight is 716 g/mol. The zero-order chi connectivity index (χ0) is 35.7. The molecule has 1 saturated heterocycles. The quantitative estimate of drug-likeness (QED) is 0.141. The zero-order valence-electron chi connectivity index (χ0n) is 27.8. The van der Waals surface area contributed by atoms with Gasteiger partial charge in [-0.25, -0.2) is 23.5 Å². The number of hydrogen-bond acceptors (Lipinski definition) is 10. The minimum Gasteiger partial charge on any atom is -0.465 e. The summed E-state index contributed by atoms with van der Waals surface area (Å²) in [7, 11) is 3.13. The average Bonchev–Trinajstić information content (AvgIpc) is 3.53. The fourth-order valence-corrected chi connectivity index (χ4v) is 7.56. The van der Waals surface area contributed by atoms with Crippen LogP contribution in [0.5, 0.6) is 0 Å². The second kappa shape index (κ2) is 14.1. The maximum atomic E-state index is 14.0. The number of thiophene rings is 1. The summed E-state index contributed by atoms with van der Waals surface area (Å²) in [5.41, 5.74) is 3.04. The van der Waals surface area contributed by atoms with E-state index in [1.54, 1.807) is 41.6 Å². The summed E-state index contributed by atoms with van der Waals surface area (Å²) in [6.07, 6.45) is 4.33. The first-order chi connectivity index (χ1) is 23.9. The van der Waals surface area contributed by atoms with E-state index < -0.39 is 17.5 Å². The Morgan fingerprint density at radius 3 is 2.68 bits per heavy atom. The van der Waals surface area contributed by atoms with Gasteiger partial charge in [-0.2, -0.15) is 5.26 Å². The van der Waals surface area contributed by atoms with Gasteiger partial charge in [-0.1, -0.05) is 23.4 Å². The van der Waals surface area contributed by atoms with Gasteiger partial charge in [0.2, 0.25) is 0 Å². The van der Waals surface area contributed by atoms with E-state index >= 15 is 0 Å². The summed E-state index contributed by atoms with van der Waals surface area (Å²) < 4.78 is 34.2. The SMILES string of the molecule is COC(=O)c1csc2c(-c3cc(Cl)ccc3C#CCn3c(C)nc4cnc(N(C)C5CCN(CC(C)(F)F)CC5)c(C#N)c4c3=O)ccnc12. The standard InChI is InChI=1S/C36H32ClF2N7O3S/c1-21-43-29-18-42-33(44(3)24-10-14-45(15-11-24)20-36(2,38)39)27(17-40)30(29)34(47)46(21)13-5-6-22-7-8-23(37)16-26(22)25-9-12-41-31-28(35(48)49-4)19-50-32(25)31/h7-9,12,16,18-19,24H,10-11,13-15,20H2,1-4H3. The van der Waals surface area contributed by atoms with Gasteiger partial charge in [0.25, 0.3) is 11.5 Å². The lowest BCUT2D eigenvalue weighted by Crippen LogP contribution is -2.46. The minimum absolute atomic E-state index is 0.00813. The van der Waals surface area contributed by atoms with Crippen LogP contribution in [0.4, 0.5) is 14.6 Å². The largest absolute Gasteiger partial charge is 0.465 e. The molecule has 1 fully saturated rings. The summed E-state index contributed by atoms with van der Waals surface area (Å²) in [6, 6.07) is 9.27. The van der Waals surface area contributed by atoms with E-state index in [0.717, 1.165) is 22.8 Å². The number of fused-ring (bicyclic) bond motifs is 2. The molecule has 0 unspecified atom stereocenters. The molecule has 0 amide bonds. The fourth-order valence-electron chi connectivity index (χ4n) is 6.36. The minimum atomic E-state index is -2.77. The predicted molar refractivity (Wildman–Crippen MR) is 190 cm³/mol. The molecule has 0 N–H and O–H groups in total. The van der Waals surface area contributed by atoms with Crippen molar-refractivity contribution in [2.45, 2.75) is 45.2 Å². The lowest BCUT2D eigenvalue weighted by molar-refractivity contribution is -0.0198. The Bertz CT molecular complexity index is 2290. The smallest absolute Gasteiger partial charge is 0.340 e. The van der Waals surface area contributed by atoms with Crippen molar-refractivity contribution < 1.29 is 18.3 Å². The Balaban J connectivity index is 1.32. The van der Waals surface area contributed by atoms with E-state index in [0.29, 0.717) is 64.8 Å². The van der Waals surface area contributed by atoms with E-state index in [2.05, 4.69) is 32.9 Å². The summed E-state index contributed by atoms with van der Waals surface area (Å²) >= 11 is 7.78. The third-order valence-electron chi connectivity index (χ3n) is 8.81. The van der Waals surface area contributed by atoms with Crippen LogP contribution < -0.4 is 10.5 Å². The number of methoxy groups -OCH3 is 1. The van der Waals surface area contributed by atoms with Crippen molar-refractivity contribution in [1.29, 1.82) is 5.26 Å². The number of esters is 1. The number of aromatic nitrogens is 4. The van der Waals surface area contributed by atoms with Gasteiger partial charge in [-0.05, 0) is 44.0 Å². The monoisotopic (exact) mass is 715 g/mol. The number of rotatable bonds is 7. The first kappa shape index (κ1) is 34.9. The van der Waals surface area contributed by atoms with Crippen molar-refractivity contribution in [3.63, 3.8) is 0 Å². The predicted octanol–water partition coefficient (Wildman–Crippen LogP) is 6.30. The van der Waals surface area contributed by atoms with E-state index in [4.69, 9.17) is 16.3 Å². The fraction of sp³-hybridized carbons (Fsp3) is 0.333. The van der Waals surface area contributed by atoms with Gasteiger partial charge in [0.1, 0.15) is 23.3 Å². The molecular weight excluding hydrogens is 684 g/mol. The first-order valence-corrected chi connectivity index (χ1v) is 17.0. The number of halogens is 3. The summed E-state index contributed by atoms with van der Waals surface area (Å²) in [4.78, 5) is 43.4. The summed E-state index contributed by atoms with van der Waals surface area (Å²) in [5, 5.41) is 12.6. The lowest BCUT2D eigenvalue weighted by atomic mass is 10.00. The second-order valence-electron chi connectivity index (χ2n) is 12.2. The molecule has 4 aromatic heterocycles. The molecule has 1 aliphatic rings. The number of carbonyl (C=O) groups is 1. The van der Waals surface area contributed by atoms with E-state index in [9.17, 15) is 23.6 Å². The third kappa shape index (κ3) is 6.90. The van der Waals surface area contributed by atoms with Crippen molar-refractivity contribution in [1.82, 2.24) is 24.4 Å². The van der Waals surface area contributed by atoms with Crippen LogP contribution >= 0.6 is 22.9 Å². The number of carbonyl (C=O) groups excluding carboxylic acids is 1. The van der Waals surface area contributed by atoms with Gasteiger partial charge in [0, 0.05) is 66.4 Å². The van der Waals surface area contributed by atoms with E-state index in [-0.39, 0.29) is 30.1 Å². The summed E-state index contributed by atoms with van der Waals surface area (Å²) in [6.45, 7) is 3.28. The van der Waals surface area contributed by atoms with Crippen LogP contribution in [-0.4, -0.2) is 76.1 Å². The number of aryl methyl sites for hydroxylation is 1. The lowest BCUT2D eigenvalue weighted by Gasteiger charge is -2.38. The molecule has 6 rings (SSSR count). The van der Waals surface area contributed by atoms with Crippen LogP contribution in [0, 0.1) is 30.1 Å². The van der Waals surface area contributed by atoms with Crippen molar-refractivity contribution >= 4 is 55.8 Å². The molecule has 0 bridgehead atoms. The van der Waals surface area contributed by atoms with Gasteiger partial charge in [0.05, 0.1) is 53.1 Å². The zero-order valence-corrected chi connectivity index (χ0v) is 29.3. The Labute approximate surface area is 295 Å². The highest BCUT2D eigenvalue weighted by Crippen LogP contribution is 2.37. The van der Waals surface area contributed by atoms with Crippen LogP contribution in [0.15, 0.2) is 46.8 Å². The number of alkyl halides is 2. The molecule has 50 heavy (non-hydrogen) atoms. The molecule has 5 aromatic rings. The molecular formula is C36H32ClF2N7O3S. The molecule has 0 atom stereocenters. The summed E-state index contributed by atoms with van der Waals surface area (Å²) in [5.74, 6) is 3.78. The topological polar surface area (TPSA) is 117 Å². The molecule has 0 saturated carbocycles. The van der Waals surface area contributed by atoms with Gasteiger partial charge in [0.15, 0.2) is 0 Å². The van der Waals surface area contributed by atoms with E-state index in [1.165, 1.54) is 29.2 Å². The number of anilines is 1. The van der Waals surface area contributed by atoms with Gasteiger partial charge in [-0.3, -0.25) is 19.2 Å². The van der Waals surface area contributed by atoms with Crippen molar-refractivity contribution in [2.24, 2.45) is 0 Å². The van der Waals surface area contributed by atoms with Crippen LogP contribution in [0.3, 0.4) is 0 Å². The molecule has 10 nitrogen and oxygen atoms in total. The van der Waals surface area contributed by atoms with Gasteiger partial charge in [-0.15, -0.1) is 11.3 Å². The Morgan fingerprint density at radius 1 is 1.22 bits per heavy atom. The first-order valence-electron chi connectivity index (χ1n) is 15.8. The number of nitrogens with zero attached hydrogens (tertiary/aromatic N) is 7. The molecule has 0 spiro atoms. The van der Waals surface area contributed by atoms with E-state index in [1.807, 2.05) is 18.0 Å². The number of hydrogen-bond donors (Lipinski definition) is 0. The maximum Gasteiger partial charge on any atom is 0.340 e. The number of benzene rings is 1. The number of nitriles is 1. The second-order valence-corrected chi connectivity index (χ2v) is 13.6. The van der Waals surface area contributed by atoms with Gasteiger partial charge < -0.3 is 9.64 Å². The Hall–Kier alpha value is -4.95. The third-order valence-corrected chi connectivity index (χ3v) is 10.1. The molecule has 1 aromatic carbocycles. The number of pyridine rings is 2. The molecule has 256 valence electrons. The normalized spacial score (nSPS) is 14.0. The molecule has 0 aliphatic carbocycles. The Kier molecular flexibility index (Phi) is 9.85. The Morgan fingerprint density at radius 2 is 1.98 bits per heavy atom. The van der Waals surface area contributed by atoms with Crippen LogP contribution in [-0.2, 0) is 11.3 Å². The highest BCUT2D eigenvalue weighted by molar-refractivity contribution is 7.18. The van der Waals surface area contributed by atoms with Crippen molar-refractivity contribution in [3.05, 3.63) is 79.9 Å². The van der Waals surface area contributed by atoms with Crippen LogP contribution in [0.25, 0.3) is 32.2 Å².